The van der Waals surface area contributed by atoms with Gasteiger partial charge in [-0.1, -0.05) is 0 Å². The second kappa shape index (κ2) is 4.64. The Morgan fingerprint density at radius 1 is 1.29 bits per heavy atom. The molecule has 0 aliphatic carbocycles. The van der Waals surface area contributed by atoms with Crippen molar-refractivity contribution in [1.82, 2.24) is 4.90 Å². The molecule has 0 bridgehead atoms. The Hall–Kier alpha value is -1.10. The first-order chi connectivity index (χ1) is 8.35. The van der Waals surface area contributed by atoms with E-state index in [1.807, 2.05) is 23.5 Å². The summed E-state index contributed by atoms with van der Waals surface area (Å²) in [7, 11) is 0. The summed E-state index contributed by atoms with van der Waals surface area (Å²) in [5, 5.41) is 2.19. The smallest absolute Gasteiger partial charge is 0.118 e. The molecule has 0 fully saturated rings. The fraction of sp³-hybridized carbons (Fsp3) is 0.385. The van der Waals surface area contributed by atoms with E-state index in [-0.39, 0.29) is 0 Å². The lowest BCUT2D eigenvalue weighted by atomic mass is 10.1. The molecule has 3 heterocycles. The maximum atomic E-state index is 5.64. The zero-order chi connectivity index (χ0) is 11.7. The van der Waals surface area contributed by atoms with Crippen molar-refractivity contribution in [2.75, 3.05) is 6.54 Å². The van der Waals surface area contributed by atoms with E-state index in [0.717, 1.165) is 37.6 Å². The number of fused-ring (bicyclic) bond motifs is 1. The van der Waals surface area contributed by atoms with E-state index < -0.39 is 0 Å². The van der Waals surface area contributed by atoms with E-state index in [0.29, 0.717) is 6.54 Å². The van der Waals surface area contributed by atoms with Crippen molar-refractivity contribution in [2.45, 2.75) is 26.1 Å². The van der Waals surface area contributed by atoms with Gasteiger partial charge in [0, 0.05) is 18.0 Å². The summed E-state index contributed by atoms with van der Waals surface area (Å²) in [5.74, 6) is 1.89. The van der Waals surface area contributed by atoms with Gasteiger partial charge in [-0.25, -0.2) is 0 Å². The summed E-state index contributed by atoms with van der Waals surface area (Å²) < 4.78 is 5.64. The first-order valence-electron chi connectivity index (χ1n) is 5.90. The third-order valence-electron chi connectivity index (χ3n) is 3.18. The molecule has 0 amide bonds. The Morgan fingerprint density at radius 2 is 2.18 bits per heavy atom. The zero-order valence-corrected chi connectivity index (χ0v) is 10.5. The summed E-state index contributed by atoms with van der Waals surface area (Å²) in [5.41, 5.74) is 7.02. The summed E-state index contributed by atoms with van der Waals surface area (Å²) in [6, 6.07) is 6.24. The van der Waals surface area contributed by atoms with Crippen LogP contribution in [0.2, 0.25) is 0 Å². The third kappa shape index (κ3) is 2.29. The highest BCUT2D eigenvalue weighted by molar-refractivity contribution is 7.10. The molecule has 2 N–H and O–H groups in total. The highest BCUT2D eigenvalue weighted by Crippen LogP contribution is 2.25. The predicted octanol–water partition coefficient (Wildman–Crippen LogP) is 2.36. The second-order valence-corrected chi connectivity index (χ2v) is 5.40. The third-order valence-corrected chi connectivity index (χ3v) is 4.21. The minimum atomic E-state index is 0.481. The van der Waals surface area contributed by atoms with E-state index in [4.69, 9.17) is 10.2 Å². The Morgan fingerprint density at radius 3 is 3.00 bits per heavy atom. The molecule has 1 aliphatic heterocycles. The van der Waals surface area contributed by atoms with Crippen LogP contribution < -0.4 is 5.73 Å². The van der Waals surface area contributed by atoms with Gasteiger partial charge in [-0.3, -0.25) is 4.90 Å². The molecule has 0 aromatic carbocycles. The molecule has 3 nitrogen and oxygen atoms in total. The SMILES string of the molecule is NCc1ccc(CN2CCc3sccc3C2)o1. The average Bonchev–Trinajstić information content (AvgIpc) is 2.96. The van der Waals surface area contributed by atoms with Crippen LogP contribution in [0.25, 0.3) is 0 Å². The second-order valence-electron chi connectivity index (χ2n) is 4.40. The van der Waals surface area contributed by atoms with Crippen LogP contribution in [-0.2, 0) is 26.1 Å². The molecule has 3 rings (SSSR count). The molecular formula is C13H16N2OS. The fourth-order valence-electron chi connectivity index (χ4n) is 2.28. The van der Waals surface area contributed by atoms with Crippen LogP contribution in [0.15, 0.2) is 28.0 Å². The Labute approximate surface area is 105 Å². The predicted molar refractivity (Wildman–Crippen MR) is 68.7 cm³/mol. The van der Waals surface area contributed by atoms with E-state index >= 15 is 0 Å². The van der Waals surface area contributed by atoms with Crippen molar-refractivity contribution in [3.63, 3.8) is 0 Å². The molecule has 2 aromatic heterocycles. The van der Waals surface area contributed by atoms with Crippen molar-refractivity contribution in [3.8, 4) is 0 Å². The minimum absolute atomic E-state index is 0.481. The molecular weight excluding hydrogens is 232 g/mol. The zero-order valence-electron chi connectivity index (χ0n) is 9.69. The van der Waals surface area contributed by atoms with Crippen LogP contribution in [0, 0.1) is 0 Å². The standard InChI is InChI=1S/C13H16N2OS/c14-7-11-1-2-12(16-11)9-15-5-3-13-10(8-15)4-6-17-13/h1-2,4,6H,3,5,7-9,14H2. The van der Waals surface area contributed by atoms with Gasteiger partial charge in [0.2, 0.25) is 0 Å². The quantitative estimate of drug-likeness (QED) is 0.906. The maximum Gasteiger partial charge on any atom is 0.118 e. The van der Waals surface area contributed by atoms with Gasteiger partial charge in [0.1, 0.15) is 11.5 Å². The van der Waals surface area contributed by atoms with Crippen LogP contribution in [0.4, 0.5) is 0 Å². The first kappa shape index (κ1) is 11.0. The van der Waals surface area contributed by atoms with Gasteiger partial charge in [-0.05, 0) is 35.6 Å². The number of nitrogens with two attached hydrogens (primary N) is 1. The average molecular weight is 248 g/mol. The number of nitrogens with zero attached hydrogens (tertiary/aromatic N) is 1. The van der Waals surface area contributed by atoms with Crippen molar-refractivity contribution >= 4 is 11.3 Å². The molecule has 17 heavy (non-hydrogen) atoms. The van der Waals surface area contributed by atoms with E-state index in [1.54, 1.807) is 4.88 Å². The summed E-state index contributed by atoms with van der Waals surface area (Å²) in [6.07, 6.45) is 1.16. The van der Waals surface area contributed by atoms with E-state index in [1.165, 1.54) is 5.56 Å². The van der Waals surface area contributed by atoms with Gasteiger partial charge in [-0.2, -0.15) is 0 Å². The first-order valence-corrected chi connectivity index (χ1v) is 6.78. The molecule has 4 heteroatoms. The number of rotatable bonds is 3. The Bertz CT molecular complexity index is 503. The lowest BCUT2D eigenvalue weighted by molar-refractivity contribution is 0.225. The summed E-state index contributed by atoms with van der Waals surface area (Å²) in [6.45, 7) is 3.52. The molecule has 0 saturated carbocycles. The highest BCUT2D eigenvalue weighted by atomic mass is 32.1. The monoisotopic (exact) mass is 248 g/mol. The molecule has 0 radical (unpaired) electrons. The van der Waals surface area contributed by atoms with E-state index in [9.17, 15) is 0 Å². The molecule has 0 unspecified atom stereocenters. The fourth-order valence-corrected chi connectivity index (χ4v) is 3.17. The van der Waals surface area contributed by atoms with Crippen molar-refractivity contribution < 1.29 is 4.42 Å². The van der Waals surface area contributed by atoms with Gasteiger partial charge in [0.05, 0.1) is 13.1 Å². The van der Waals surface area contributed by atoms with E-state index in [2.05, 4.69) is 16.3 Å². The summed E-state index contributed by atoms with van der Waals surface area (Å²) >= 11 is 1.87. The highest BCUT2D eigenvalue weighted by Gasteiger charge is 2.18. The van der Waals surface area contributed by atoms with Crippen LogP contribution in [0.3, 0.4) is 0 Å². The van der Waals surface area contributed by atoms with Crippen LogP contribution in [0.5, 0.6) is 0 Å². The van der Waals surface area contributed by atoms with Gasteiger partial charge >= 0.3 is 0 Å². The molecule has 0 spiro atoms. The van der Waals surface area contributed by atoms with Crippen molar-refractivity contribution in [3.05, 3.63) is 45.5 Å². The minimum Gasteiger partial charge on any atom is -0.463 e. The van der Waals surface area contributed by atoms with Gasteiger partial charge in [-0.15, -0.1) is 11.3 Å². The van der Waals surface area contributed by atoms with Crippen molar-refractivity contribution in [2.24, 2.45) is 5.73 Å². The van der Waals surface area contributed by atoms with Crippen LogP contribution in [0.1, 0.15) is 22.0 Å². The van der Waals surface area contributed by atoms with Crippen molar-refractivity contribution in [1.29, 1.82) is 0 Å². The number of thiophene rings is 1. The maximum absolute atomic E-state index is 5.64. The normalized spacial score (nSPS) is 16.1. The molecule has 0 atom stereocenters. The Balaban J connectivity index is 1.67. The topological polar surface area (TPSA) is 42.4 Å². The van der Waals surface area contributed by atoms with Crippen LogP contribution in [-0.4, -0.2) is 11.4 Å². The van der Waals surface area contributed by atoms with Crippen LogP contribution >= 0.6 is 11.3 Å². The summed E-state index contributed by atoms with van der Waals surface area (Å²) in [4.78, 5) is 3.97. The van der Waals surface area contributed by atoms with Gasteiger partial charge < -0.3 is 10.2 Å². The van der Waals surface area contributed by atoms with Gasteiger partial charge in [0.25, 0.3) is 0 Å². The molecule has 1 aliphatic rings. The lowest BCUT2D eigenvalue weighted by Gasteiger charge is -2.25. The van der Waals surface area contributed by atoms with Gasteiger partial charge in [0.15, 0.2) is 0 Å². The molecule has 0 saturated heterocycles. The molecule has 2 aromatic rings. The number of hydrogen-bond acceptors (Lipinski definition) is 4. The molecule has 90 valence electrons. The largest absolute Gasteiger partial charge is 0.463 e. The number of furan rings is 1. The number of hydrogen-bond donors (Lipinski definition) is 1. The lowest BCUT2D eigenvalue weighted by Crippen LogP contribution is -2.28. The Kier molecular flexibility index (Phi) is 3.01.